The predicted molar refractivity (Wildman–Crippen MR) is 53.0 cm³/mol. The van der Waals surface area contributed by atoms with Crippen molar-refractivity contribution < 1.29 is 9.59 Å². The number of imidazole rings is 1. The quantitative estimate of drug-likeness (QED) is 0.350. The number of hydrogen-bond acceptors (Lipinski definition) is 6. The maximum Gasteiger partial charge on any atom is 0.280 e. The van der Waals surface area contributed by atoms with Crippen LogP contribution >= 0.6 is 0 Å². The van der Waals surface area contributed by atoms with Gasteiger partial charge in [-0.3, -0.25) is 15.0 Å². The lowest BCUT2D eigenvalue weighted by Crippen LogP contribution is -2.23. The van der Waals surface area contributed by atoms with Gasteiger partial charge >= 0.3 is 0 Å². The number of aromatic nitrogens is 2. The number of aromatic amines is 1. The molecule has 1 rings (SSSR count). The molecule has 2 amide bonds. The molecular formula is C7H7N7O2. The van der Waals surface area contributed by atoms with Crippen LogP contribution in [0.3, 0.4) is 0 Å². The summed E-state index contributed by atoms with van der Waals surface area (Å²) in [6.07, 6.45) is 1.20. The fourth-order valence-electron chi connectivity index (χ4n) is 0.811. The average molecular weight is 221 g/mol. The van der Waals surface area contributed by atoms with Crippen LogP contribution in [0.15, 0.2) is 11.4 Å². The predicted octanol–water partition coefficient (Wildman–Crippen LogP) is -1.71. The molecule has 9 nitrogen and oxygen atoms in total. The SMILES string of the molecule is N#C/C(=N\Nc1nc[nH]c1C(N)=O)C(N)=O. The first-order chi connectivity index (χ1) is 7.56. The van der Waals surface area contributed by atoms with Gasteiger partial charge < -0.3 is 16.5 Å². The number of nitriles is 1. The zero-order chi connectivity index (χ0) is 12.1. The minimum atomic E-state index is -0.994. The topological polar surface area (TPSA) is 163 Å². The Labute approximate surface area is 89.1 Å². The van der Waals surface area contributed by atoms with Gasteiger partial charge in [-0.2, -0.15) is 10.4 Å². The summed E-state index contributed by atoms with van der Waals surface area (Å²) >= 11 is 0. The van der Waals surface area contributed by atoms with Crippen molar-refractivity contribution in [3.63, 3.8) is 0 Å². The number of amides is 2. The number of nitrogens with zero attached hydrogens (tertiary/aromatic N) is 3. The van der Waals surface area contributed by atoms with Crippen molar-refractivity contribution in [3.8, 4) is 6.07 Å². The second-order valence-corrected chi connectivity index (χ2v) is 2.54. The average Bonchev–Trinajstić information content (AvgIpc) is 2.66. The van der Waals surface area contributed by atoms with E-state index in [0.29, 0.717) is 0 Å². The highest BCUT2D eigenvalue weighted by Crippen LogP contribution is 2.07. The molecule has 0 unspecified atom stereocenters. The lowest BCUT2D eigenvalue weighted by atomic mass is 10.4. The van der Waals surface area contributed by atoms with Crippen LogP contribution in [-0.2, 0) is 4.79 Å². The zero-order valence-electron chi connectivity index (χ0n) is 7.89. The second-order valence-electron chi connectivity index (χ2n) is 2.54. The molecule has 0 saturated heterocycles. The van der Waals surface area contributed by atoms with E-state index in [1.807, 2.05) is 0 Å². The number of anilines is 1. The van der Waals surface area contributed by atoms with E-state index in [1.165, 1.54) is 12.4 Å². The van der Waals surface area contributed by atoms with Gasteiger partial charge in [-0.1, -0.05) is 0 Å². The number of H-pyrrole nitrogens is 1. The van der Waals surface area contributed by atoms with E-state index in [-0.39, 0.29) is 11.5 Å². The van der Waals surface area contributed by atoms with Gasteiger partial charge in [0, 0.05) is 0 Å². The van der Waals surface area contributed by atoms with Crippen LogP contribution in [0.25, 0.3) is 0 Å². The van der Waals surface area contributed by atoms with Gasteiger partial charge in [0.05, 0.1) is 6.33 Å². The Hall–Kier alpha value is -2.89. The summed E-state index contributed by atoms with van der Waals surface area (Å²) in [5, 5.41) is 11.8. The lowest BCUT2D eigenvalue weighted by Gasteiger charge is -1.97. The van der Waals surface area contributed by atoms with Gasteiger partial charge in [0.15, 0.2) is 5.82 Å². The molecule has 0 saturated carbocycles. The standard InChI is InChI=1S/C7H7N7O2/c8-1-3(5(9)15)13-14-7-4(6(10)16)11-2-12-7/h2,14H,(H2,9,15)(H2,10,16)(H,11,12)/b13-3+. The highest BCUT2D eigenvalue weighted by molar-refractivity contribution is 6.44. The van der Waals surface area contributed by atoms with Crippen molar-refractivity contribution in [2.75, 3.05) is 5.43 Å². The molecule has 0 spiro atoms. The number of nitrogens with two attached hydrogens (primary N) is 2. The number of carbonyl (C=O) groups is 2. The molecule has 1 aromatic rings. The Morgan fingerprint density at radius 1 is 1.56 bits per heavy atom. The highest BCUT2D eigenvalue weighted by Gasteiger charge is 2.11. The third-order valence-electron chi connectivity index (χ3n) is 1.50. The maximum atomic E-state index is 10.8. The Morgan fingerprint density at radius 3 is 2.75 bits per heavy atom. The van der Waals surface area contributed by atoms with Crippen molar-refractivity contribution in [1.82, 2.24) is 9.97 Å². The number of carbonyl (C=O) groups excluding carboxylic acids is 2. The molecule has 0 radical (unpaired) electrons. The summed E-state index contributed by atoms with van der Waals surface area (Å²) in [7, 11) is 0. The maximum absolute atomic E-state index is 10.8. The van der Waals surface area contributed by atoms with Crippen LogP contribution in [0.5, 0.6) is 0 Å². The normalized spacial score (nSPS) is 10.6. The van der Waals surface area contributed by atoms with Crippen LogP contribution in [0, 0.1) is 11.3 Å². The molecule has 16 heavy (non-hydrogen) atoms. The highest BCUT2D eigenvalue weighted by atomic mass is 16.1. The fraction of sp³-hybridized carbons (Fsp3) is 0. The Balaban J connectivity index is 2.90. The first-order valence-corrected chi connectivity index (χ1v) is 3.93. The first-order valence-electron chi connectivity index (χ1n) is 3.93. The monoisotopic (exact) mass is 221 g/mol. The van der Waals surface area contributed by atoms with Gasteiger partial charge in [0.1, 0.15) is 11.8 Å². The second kappa shape index (κ2) is 4.56. The van der Waals surface area contributed by atoms with E-state index in [1.54, 1.807) is 0 Å². The van der Waals surface area contributed by atoms with E-state index >= 15 is 0 Å². The molecule has 1 heterocycles. The molecule has 82 valence electrons. The zero-order valence-corrected chi connectivity index (χ0v) is 7.89. The molecule has 6 N–H and O–H groups in total. The smallest absolute Gasteiger partial charge is 0.280 e. The van der Waals surface area contributed by atoms with Crippen LogP contribution in [0.2, 0.25) is 0 Å². The fourth-order valence-corrected chi connectivity index (χ4v) is 0.811. The summed E-state index contributed by atoms with van der Waals surface area (Å²) in [6.45, 7) is 0. The molecule has 0 fully saturated rings. The van der Waals surface area contributed by atoms with Crippen LogP contribution < -0.4 is 16.9 Å². The van der Waals surface area contributed by atoms with E-state index in [0.717, 1.165) is 0 Å². The van der Waals surface area contributed by atoms with Gasteiger partial charge in [-0.05, 0) is 0 Å². The summed E-state index contributed by atoms with van der Waals surface area (Å²) < 4.78 is 0. The Bertz CT molecular complexity index is 495. The third kappa shape index (κ3) is 2.32. The number of hydrogen-bond donors (Lipinski definition) is 4. The molecule has 0 aliphatic rings. The summed E-state index contributed by atoms with van der Waals surface area (Å²) in [6, 6.07) is 1.47. The molecule has 0 aliphatic carbocycles. The van der Waals surface area contributed by atoms with Crippen molar-refractivity contribution in [2.45, 2.75) is 0 Å². The summed E-state index contributed by atoms with van der Waals surface area (Å²) in [4.78, 5) is 27.6. The number of rotatable bonds is 4. The van der Waals surface area contributed by atoms with E-state index < -0.39 is 17.5 Å². The van der Waals surface area contributed by atoms with Crippen LogP contribution in [-0.4, -0.2) is 27.5 Å². The van der Waals surface area contributed by atoms with Crippen molar-refractivity contribution >= 4 is 23.3 Å². The van der Waals surface area contributed by atoms with Crippen molar-refractivity contribution in [3.05, 3.63) is 12.0 Å². The van der Waals surface area contributed by atoms with Gasteiger partial charge in [-0.15, -0.1) is 0 Å². The first kappa shape index (κ1) is 11.2. The van der Waals surface area contributed by atoms with E-state index in [2.05, 4.69) is 20.5 Å². The molecule has 0 atom stereocenters. The largest absolute Gasteiger partial charge is 0.364 e. The molecule has 0 aromatic carbocycles. The molecule has 9 heteroatoms. The van der Waals surface area contributed by atoms with Crippen LogP contribution in [0.1, 0.15) is 10.5 Å². The molecular weight excluding hydrogens is 214 g/mol. The Kier molecular flexibility index (Phi) is 3.19. The number of primary amides is 2. The van der Waals surface area contributed by atoms with E-state index in [4.69, 9.17) is 16.7 Å². The minimum Gasteiger partial charge on any atom is -0.364 e. The minimum absolute atomic E-state index is 0.00139. The summed E-state index contributed by atoms with van der Waals surface area (Å²) in [5.41, 5.74) is 11.5. The van der Waals surface area contributed by atoms with E-state index in [9.17, 15) is 9.59 Å². The van der Waals surface area contributed by atoms with Crippen molar-refractivity contribution in [2.24, 2.45) is 16.6 Å². The molecule has 0 aliphatic heterocycles. The molecule has 1 aromatic heterocycles. The summed E-state index contributed by atoms with van der Waals surface area (Å²) in [5.74, 6) is -1.75. The number of hydrazone groups is 1. The molecule has 0 bridgehead atoms. The van der Waals surface area contributed by atoms with Crippen molar-refractivity contribution in [1.29, 1.82) is 5.26 Å². The van der Waals surface area contributed by atoms with Gasteiger partial charge in [0.25, 0.3) is 11.8 Å². The van der Waals surface area contributed by atoms with Gasteiger partial charge in [0.2, 0.25) is 5.71 Å². The number of nitrogens with one attached hydrogen (secondary N) is 2. The van der Waals surface area contributed by atoms with Gasteiger partial charge in [-0.25, -0.2) is 4.98 Å². The van der Waals surface area contributed by atoms with Crippen LogP contribution in [0.4, 0.5) is 5.82 Å². The Morgan fingerprint density at radius 2 is 2.25 bits per heavy atom. The lowest BCUT2D eigenvalue weighted by molar-refractivity contribution is -0.111. The third-order valence-corrected chi connectivity index (χ3v) is 1.50.